The summed E-state index contributed by atoms with van der Waals surface area (Å²) in [5, 5.41) is 0. The fourth-order valence-corrected chi connectivity index (χ4v) is 0. The summed E-state index contributed by atoms with van der Waals surface area (Å²) < 4.78 is 0.218. The average Bonchev–Trinajstić information content (AvgIpc) is 1.31. The van der Waals surface area contributed by atoms with E-state index in [4.69, 9.17) is 8.92 Å². The molecule has 0 fully saturated rings. The molecule has 0 spiro atoms. The Hall–Kier alpha value is 0.759. The van der Waals surface area contributed by atoms with Gasteiger partial charge in [-0.15, -0.1) is 0 Å². The van der Waals surface area contributed by atoms with E-state index in [1.165, 1.54) is 0 Å². The van der Waals surface area contributed by atoms with Crippen LogP contribution in [0, 0.1) is 0 Å². The summed E-state index contributed by atoms with van der Waals surface area (Å²) in [4.78, 5) is 14.2. The molecule has 7 heavy (non-hydrogen) atoms. The molecule has 0 aromatic carbocycles. The van der Waals surface area contributed by atoms with Crippen molar-refractivity contribution in [3.63, 3.8) is 0 Å². The van der Waals surface area contributed by atoms with Gasteiger partial charge in [0.15, 0.2) is 0 Å². The Labute approximate surface area is 51.6 Å². The van der Waals surface area contributed by atoms with Crippen LogP contribution in [-0.4, -0.2) is 21.0 Å². The second-order valence-electron chi connectivity index (χ2n) is 2.03. The molecule has 0 aliphatic carbocycles. The maximum atomic E-state index is 10.4. The number of halogens is 1. The quantitative estimate of drug-likeness (QED) is 0.621. The molecule has 0 heterocycles. The molecule has 0 bridgehead atoms. The maximum absolute atomic E-state index is 10.4. The van der Waals surface area contributed by atoms with Crippen LogP contribution in [0.2, 0.25) is 9.88 Å². The summed E-state index contributed by atoms with van der Waals surface area (Å²) in [5.74, 6) is 0. The standard InChI is InChI=1S/C2H3O.2CH3.ClH.Sn/c1-2-3;;;;/h1H3;2*1H3;1H;/q;;;;+1/p-1. The van der Waals surface area contributed by atoms with Crippen LogP contribution in [-0.2, 0) is 4.79 Å². The second-order valence-corrected chi connectivity index (χ2v) is 18.8. The normalized spacial score (nSPS) is 11.4. The molecule has 0 aliphatic heterocycles. The Balaban J connectivity index is 3.79. The van der Waals surface area contributed by atoms with Gasteiger partial charge in [-0.3, -0.25) is 0 Å². The van der Waals surface area contributed by atoms with Crippen molar-refractivity contribution in [2.45, 2.75) is 16.8 Å². The molecule has 0 N–H and O–H groups in total. The molecule has 0 saturated carbocycles. The van der Waals surface area contributed by atoms with E-state index in [0.717, 1.165) is 0 Å². The summed E-state index contributed by atoms with van der Waals surface area (Å²) in [7, 11) is 5.73. The summed E-state index contributed by atoms with van der Waals surface area (Å²) in [6.07, 6.45) is 0. The number of hydrogen-bond donors (Lipinski definition) is 0. The molecule has 0 rings (SSSR count). The van der Waals surface area contributed by atoms with Crippen molar-refractivity contribution in [1.29, 1.82) is 0 Å². The van der Waals surface area contributed by atoms with Gasteiger partial charge in [0, 0.05) is 0 Å². The summed E-state index contributed by atoms with van der Waals surface area (Å²) in [5.41, 5.74) is 0. The number of hydrogen-bond acceptors (Lipinski definition) is 1. The first-order valence-electron chi connectivity index (χ1n) is 2.14. The molecule has 42 valence electrons. The first-order valence-corrected chi connectivity index (χ1v) is 12.9. The van der Waals surface area contributed by atoms with Gasteiger partial charge in [-0.05, 0) is 0 Å². The molecular weight excluding hydrogens is 218 g/mol. The van der Waals surface area contributed by atoms with E-state index >= 15 is 0 Å². The molecule has 0 aromatic heterocycles. The second kappa shape index (κ2) is 2.35. The van der Waals surface area contributed by atoms with Crippen LogP contribution in [0.25, 0.3) is 0 Å². The van der Waals surface area contributed by atoms with E-state index in [0.29, 0.717) is 0 Å². The third-order valence-electron chi connectivity index (χ3n) is 0.837. The van der Waals surface area contributed by atoms with Crippen molar-refractivity contribution in [1.82, 2.24) is 0 Å². The molecule has 0 atom stereocenters. The predicted octanol–water partition coefficient (Wildman–Crippen LogP) is 1.56. The molecule has 0 aliphatic rings. The van der Waals surface area contributed by atoms with Crippen LogP contribution < -0.4 is 0 Å². The molecular formula is C4H9ClOSn. The Bertz CT molecular complexity index is 84.2. The average molecular weight is 227 g/mol. The van der Waals surface area contributed by atoms with Gasteiger partial charge in [0.05, 0.1) is 0 Å². The fraction of sp³-hybridized carbons (Fsp3) is 0.750. The van der Waals surface area contributed by atoms with E-state index in [1.807, 2.05) is 9.88 Å². The summed E-state index contributed by atoms with van der Waals surface area (Å²) in [6, 6.07) is 0. The van der Waals surface area contributed by atoms with Crippen molar-refractivity contribution in [3.8, 4) is 0 Å². The SMILES string of the molecule is C[C](=O)[Sn]([CH3])([CH3])[Cl]. The van der Waals surface area contributed by atoms with Gasteiger partial charge in [0.2, 0.25) is 0 Å². The Morgan fingerprint density at radius 3 is 1.71 bits per heavy atom. The zero-order valence-corrected chi connectivity index (χ0v) is 8.40. The Kier molecular flexibility index (Phi) is 2.61. The van der Waals surface area contributed by atoms with E-state index in [2.05, 4.69) is 0 Å². The van der Waals surface area contributed by atoms with Crippen molar-refractivity contribution >= 4 is 30.0 Å². The third kappa shape index (κ3) is 3.35. The molecule has 0 amide bonds. The molecule has 3 heteroatoms. The van der Waals surface area contributed by atoms with Crippen molar-refractivity contribution < 1.29 is 4.79 Å². The van der Waals surface area contributed by atoms with Crippen LogP contribution in [0.5, 0.6) is 0 Å². The summed E-state index contributed by atoms with van der Waals surface area (Å²) >= 11 is -2.53. The number of rotatable bonds is 1. The van der Waals surface area contributed by atoms with E-state index in [1.54, 1.807) is 6.92 Å². The van der Waals surface area contributed by atoms with Crippen LogP contribution >= 0.6 is 8.92 Å². The Morgan fingerprint density at radius 1 is 1.57 bits per heavy atom. The predicted molar refractivity (Wildman–Crippen MR) is 34.0 cm³/mol. The van der Waals surface area contributed by atoms with Gasteiger partial charge in [-0.1, -0.05) is 0 Å². The van der Waals surface area contributed by atoms with Gasteiger partial charge in [-0.25, -0.2) is 0 Å². The number of carbonyl (C=O) groups excluding carboxylic acids is 1. The minimum atomic E-state index is -2.53. The van der Waals surface area contributed by atoms with Gasteiger partial charge in [-0.2, -0.15) is 0 Å². The van der Waals surface area contributed by atoms with E-state index in [9.17, 15) is 4.79 Å². The van der Waals surface area contributed by atoms with Gasteiger partial charge >= 0.3 is 51.6 Å². The molecule has 0 radical (unpaired) electrons. The van der Waals surface area contributed by atoms with E-state index in [-0.39, 0.29) is 3.80 Å². The fourth-order valence-electron chi connectivity index (χ4n) is 0. The molecule has 0 saturated heterocycles. The van der Waals surface area contributed by atoms with Crippen LogP contribution in [0.15, 0.2) is 0 Å². The molecule has 1 nitrogen and oxygen atoms in total. The zero-order chi connectivity index (χ0) is 6.08. The van der Waals surface area contributed by atoms with Crippen molar-refractivity contribution in [2.24, 2.45) is 0 Å². The van der Waals surface area contributed by atoms with Crippen LogP contribution in [0.3, 0.4) is 0 Å². The van der Waals surface area contributed by atoms with Gasteiger partial charge in [0.25, 0.3) is 0 Å². The third-order valence-corrected chi connectivity index (χ3v) is 7.40. The minimum absolute atomic E-state index is 0.218. The monoisotopic (exact) mass is 228 g/mol. The van der Waals surface area contributed by atoms with Gasteiger partial charge in [0.1, 0.15) is 0 Å². The molecule has 0 aromatic rings. The first-order chi connectivity index (χ1) is 2.94. The zero-order valence-electron chi connectivity index (χ0n) is 4.79. The van der Waals surface area contributed by atoms with Crippen LogP contribution in [0.4, 0.5) is 0 Å². The first kappa shape index (κ1) is 7.76. The molecule has 0 unspecified atom stereocenters. The Morgan fingerprint density at radius 2 is 1.71 bits per heavy atom. The van der Waals surface area contributed by atoms with Crippen molar-refractivity contribution in [2.75, 3.05) is 0 Å². The summed E-state index contributed by atoms with van der Waals surface area (Å²) in [6.45, 7) is 1.57. The van der Waals surface area contributed by atoms with Crippen molar-refractivity contribution in [3.05, 3.63) is 0 Å². The van der Waals surface area contributed by atoms with E-state index < -0.39 is 17.3 Å². The van der Waals surface area contributed by atoms with Crippen LogP contribution in [0.1, 0.15) is 6.92 Å². The van der Waals surface area contributed by atoms with Gasteiger partial charge < -0.3 is 0 Å². The number of carbonyl (C=O) groups is 1. The topological polar surface area (TPSA) is 17.1 Å².